The lowest BCUT2D eigenvalue weighted by molar-refractivity contribution is -0.129. The Labute approximate surface area is 108 Å². The number of amides is 1. The van der Waals surface area contributed by atoms with Crippen molar-refractivity contribution in [1.29, 1.82) is 0 Å². The van der Waals surface area contributed by atoms with Gasteiger partial charge in [0, 0.05) is 32.9 Å². The Morgan fingerprint density at radius 2 is 2.22 bits per heavy atom. The third kappa shape index (κ3) is 2.61. The molecule has 98 valence electrons. The molecular weight excluding hydrogens is 228 g/mol. The van der Waals surface area contributed by atoms with Crippen molar-refractivity contribution in [2.24, 2.45) is 0 Å². The van der Waals surface area contributed by atoms with E-state index in [-0.39, 0.29) is 5.91 Å². The van der Waals surface area contributed by atoms with Crippen LogP contribution in [-0.2, 0) is 11.3 Å². The monoisotopic (exact) mass is 248 g/mol. The van der Waals surface area contributed by atoms with Gasteiger partial charge in [0.15, 0.2) is 0 Å². The Morgan fingerprint density at radius 3 is 2.83 bits per heavy atom. The van der Waals surface area contributed by atoms with Gasteiger partial charge in [-0.05, 0) is 31.2 Å². The van der Waals surface area contributed by atoms with E-state index < -0.39 is 0 Å². The van der Waals surface area contributed by atoms with Gasteiger partial charge in [0.05, 0.1) is 6.54 Å². The van der Waals surface area contributed by atoms with Crippen LogP contribution in [0.3, 0.4) is 0 Å². The molecule has 1 aliphatic rings. The van der Waals surface area contributed by atoms with Crippen LogP contribution >= 0.6 is 0 Å². The smallest absolute Gasteiger partial charge is 0.241 e. The zero-order valence-electron chi connectivity index (χ0n) is 11.2. The lowest BCUT2D eigenvalue weighted by atomic mass is 10.2. The van der Waals surface area contributed by atoms with E-state index in [1.165, 1.54) is 5.56 Å². The number of aryl methyl sites for hydroxylation is 1. The van der Waals surface area contributed by atoms with Gasteiger partial charge in [-0.1, -0.05) is 0 Å². The van der Waals surface area contributed by atoms with Gasteiger partial charge in [0.1, 0.15) is 5.82 Å². The van der Waals surface area contributed by atoms with Gasteiger partial charge in [-0.15, -0.1) is 0 Å². The number of pyridine rings is 1. The summed E-state index contributed by atoms with van der Waals surface area (Å²) in [5.74, 6) is 1.08. The molecule has 1 amide bonds. The van der Waals surface area contributed by atoms with E-state index in [9.17, 15) is 4.79 Å². The summed E-state index contributed by atoms with van der Waals surface area (Å²) >= 11 is 0. The second-order valence-corrected chi connectivity index (χ2v) is 4.75. The first-order valence-corrected chi connectivity index (χ1v) is 6.21. The Balaban J connectivity index is 2.16. The molecule has 1 N–H and O–H groups in total. The fraction of sp³-hybridized carbons (Fsp3) is 0.538. The third-order valence-electron chi connectivity index (χ3n) is 3.24. The maximum Gasteiger partial charge on any atom is 0.241 e. The highest BCUT2D eigenvalue weighted by atomic mass is 16.2. The predicted molar refractivity (Wildman–Crippen MR) is 71.6 cm³/mol. The number of carbonyl (C=O) groups is 1. The minimum Gasteiger partial charge on any atom is -0.345 e. The Morgan fingerprint density at radius 1 is 1.44 bits per heavy atom. The SMILES string of the molecule is CNCc1cnc(N2CCN(C)C(=O)C2)c(C)c1. The van der Waals surface area contributed by atoms with E-state index in [1.54, 1.807) is 4.90 Å². The van der Waals surface area contributed by atoms with E-state index in [1.807, 2.05) is 27.2 Å². The first kappa shape index (κ1) is 12.8. The van der Waals surface area contributed by atoms with Crippen molar-refractivity contribution in [3.05, 3.63) is 23.4 Å². The van der Waals surface area contributed by atoms with E-state index in [0.717, 1.165) is 31.0 Å². The number of rotatable bonds is 3. The molecule has 5 heteroatoms. The minimum absolute atomic E-state index is 0.154. The third-order valence-corrected chi connectivity index (χ3v) is 3.24. The summed E-state index contributed by atoms with van der Waals surface area (Å²) in [6, 6.07) is 2.13. The van der Waals surface area contributed by atoms with Crippen LogP contribution in [0, 0.1) is 6.92 Å². The summed E-state index contributed by atoms with van der Waals surface area (Å²) in [5.41, 5.74) is 2.29. The van der Waals surface area contributed by atoms with Crippen LogP contribution in [0.2, 0.25) is 0 Å². The fourth-order valence-corrected chi connectivity index (χ4v) is 2.20. The first-order valence-electron chi connectivity index (χ1n) is 6.21. The maximum atomic E-state index is 11.7. The van der Waals surface area contributed by atoms with E-state index in [4.69, 9.17) is 0 Å². The second-order valence-electron chi connectivity index (χ2n) is 4.75. The molecule has 1 aliphatic heterocycles. The molecule has 0 aliphatic carbocycles. The van der Waals surface area contributed by atoms with Crippen LogP contribution < -0.4 is 10.2 Å². The molecule has 1 aromatic heterocycles. The molecule has 0 spiro atoms. The Kier molecular flexibility index (Phi) is 3.81. The van der Waals surface area contributed by atoms with Gasteiger partial charge in [-0.25, -0.2) is 4.98 Å². The van der Waals surface area contributed by atoms with Crippen molar-refractivity contribution in [3.63, 3.8) is 0 Å². The number of nitrogens with zero attached hydrogens (tertiary/aromatic N) is 3. The number of nitrogens with one attached hydrogen (secondary N) is 1. The molecular formula is C13H20N4O. The quantitative estimate of drug-likeness (QED) is 0.840. The van der Waals surface area contributed by atoms with Gasteiger partial charge in [-0.2, -0.15) is 0 Å². The molecule has 0 atom stereocenters. The summed E-state index contributed by atoms with van der Waals surface area (Å²) in [6.45, 7) is 4.90. The molecule has 18 heavy (non-hydrogen) atoms. The zero-order valence-corrected chi connectivity index (χ0v) is 11.2. The normalized spacial score (nSPS) is 16.3. The molecule has 2 rings (SSSR count). The molecule has 2 heterocycles. The van der Waals surface area contributed by atoms with E-state index >= 15 is 0 Å². The number of hydrogen-bond acceptors (Lipinski definition) is 4. The largest absolute Gasteiger partial charge is 0.345 e. The zero-order chi connectivity index (χ0) is 13.1. The standard InChI is InChI=1S/C13H20N4O/c1-10-6-11(7-14-2)8-15-13(10)17-5-4-16(3)12(18)9-17/h6,8,14H,4-5,7,9H2,1-3H3. The van der Waals surface area contributed by atoms with Gasteiger partial charge < -0.3 is 15.1 Å². The average molecular weight is 248 g/mol. The van der Waals surface area contributed by atoms with Crippen LogP contribution in [0.25, 0.3) is 0 Å². The average Bonchev–Trinajstić information content (AvgIpc) is 2.34. The number of aromatic nitrogens is 1. The Hall–Kier alpha value is -1.62. The number of piperazine rings is 1. The summed E-state index contributed by atoms with van der Waals surface area (Å²) in [7, 11) is 3.76. The molecule has 5 nitrogen and oxygen atoms in total. The predicted octanol–water partition coefficient (Wildman–Crippen LogP) is 0.388. The number of anilines is 1. The van der Waals surface area contributed by atoms with Crippen molar-refractivity contribution in [2.75, 3.05) is 38.6 Å². The van der Waals surface area contributed by atoms with Crippen molar-refractivity contribution >= 4 is 11.7 Å². The minimum atomic E-state index is 0.154. The molecule has 1 saturated heterocycles. The van der Waals surface area contributed by atoms with Crippen molar-refractivity contribution < 1.29 is 4.79 Å². The highest BCUT2D eigenvalue weighted by Crippen LogP contribution is 2.19. The summed E-state index contributed by atoms with van der Waals surface area (Å²) in [4.78, 5) is 20.0. The molecule has 0 saturated carbocycles. The number of likely N-dealkylation sites (N-methyl/N-ethyl adjacent to an activating group) is 1. The van der Waals surface area contributed by atoms with Crippen LogP contribution in [-0.4, -0.2) is 49.5 Å². The van der Waals surface area contributed by atoms with Crippen LogP contribution in [0.1, 0.15) is 11.1 Å². The van der Waals surface area contributed by atoms with Gasteiger partial charge in [-0.3, -0.25) is 4.79 Å². The van der Waals surface area contributed by atoms with Gasteiger partial charge in [0.2, 0.25) is 5.91 Å². The van der Waals surface area contributed by atoms with Crippen molar-refractivity contribution in [1.82, 2.24) is 15.2 Å². The van der Waals surface area contributed by atoms with Crippen LogP contribution in [0.5, 0.6) is 0 Å². The maximum absolute atomic E-state index is 11.7. The first-order chi connectivity index (χ1) is 8.61. The Bertz CT molecular complexity index is 447. The fourth-order valence-electron chi connectivity index (χ4n) is 2.20. The highest BCUT2D eigenvalue weighted by molar-refractivity contribution is 5.82. The number of hydrogen-bond donors (Lipinski definition) is 1. The van der Waals surface area contributed by atoms with Crippen molar-refractivity contribution in [3.8, 4) is 0 Å². The van der Waals surface area contributed by atoms with Crippen LogP contribution in [0.4, 0.5) is 5.82 Å². The van der Waals surface area contributed by atoms with E-state index in [0.29, 0.717) is 6.54 Å². The molecule has 1 aromatic rings. The molecule has 0 unspecified atom stereocenters. The summed E-state index contributed by atoms with van der Waals surface area (Å²) in [6.07, 6.45) is 1.88. The second kappa shape index (κ2) is 5.35. The highest BCUT2D eigenvalue weighted by Gasteiger charge is 2.22. The van der Waals surface area contributed by atoms with E-state index in [2.05, 4.69) is 21.3 Å². The summed E-state index contributed by atoms with van der Waals surface area (Å²) in [5, 5.41) is 3.11. The lowest BCUT2D eigenvalue weighted by Gasteiger charge is -2.33. The lowest BCUT2D eigenvalue weighted by Crippen LogP contribution is -2.49. The van der Waals surface area contributed by atoms with Gasteiger partial charge in [0.25, 0.3) is 0 Å². The molecule has 0 radical (unpaired) electrons. The molecule has 1 fully saturated rings. The number of carbonyl (C=O) groups excluding carboxylic acids is 1. The van der Waals surface area contributed by atoms with Crippen LogP contribution in [0.15, 0.2) is 12.3 Å². The van der Waals surface area contributed by atoms with Gasteiger partial charge >= 0.3 is 0 Å². The topological polar surface area (TPSA) is 48.5 Å². The molecule has 0 bridgehead atoms. The molecule has 0 aromatic carbocycles. The van der Waals surface area contributed by atoms with Crippen molar-refractivity contribution in [2.45, 2.75) is 13.5 Å². The summed E-state index contributed by atoms with van der Waals surface area (Å²) < 4.78 is 0.